The molecule has 3 heteroatoms. The molecule has 3 rings (SSSR count). The Kier molecular flexibility index (Phi) is 5.97. The fraction of sp³-hybridized carbons (Fsp3) is 0.556. The van der Waals surface area contributed by atoms with E-state index in [1.807, 2.05) is 35.2 Å². The Hall–Kier alpha value is -1.64. The summed E-state index contributed by atoms with van der Waals surface area (Å²) in [5.74, 6) is 0.952. The first-order valence-corrected chi connectivity index (χ1v) is 7.99. The summed E-state index contributed by atoms with van der Waals surface area (Å²) in [7, 11) is 0. The molecule has 1 aliphatic carbocycles. The van der Waals surface area contributed by atoms with Gasteiger partial charge in [-0.05, 0) is 38.5 Å². The van der Waals surface area contributed by atoms with Crippen LogP contribution in [0.1, 0.15) is 55.8 Å². The van der Waals surface area contributed by atoms with Gasteiger partial charge in [-0.25, -0.2) is 0 Å². The lowest BCUT2D eigenvalue weighted by Gasteiger charge is -2.42. The van der Waals surface area contributed by atoms with E-state index in [-0.39, 0.29) is 5.78 Å². The summed E-state index contributed by atoms with van der Waals surface area (Å²) in [5.41, 5.74) is 0.775. The highest BCUT2D eigenvalue weighted by Gasteiger charge is 2.32. The van der Waals surface area contributed by atoms with Crippen molar-refractivity contribution >= 4 is 12.2 Å². The first kappa shape index (κ1) is 15.7. The van der Waals surface area contributed by atoms with Gasteiger partial charge in [0.2, 0.25) is 6.41 Å². The van der Waals surface area contributed by atoms with Crippen LogP contribution in [0, 0.1) is 5.92 Å². The highest BCUT2D eigenvalue weighted by Crippen LogP contribution is 2.34. The largest absolute Gasteiger partial charge is 0.342 e. The van der Waals surface area contributed by atoms with Crippen LogP contribution in [0.25, 0.3) is 0 Å². The third kappa shape index (κ3) is 4.42. The molecule has 21 heavy (non-hydrogen) atoms. The molecule has 0 radical (unpaired) electrons. The van der Waals surface area contributed by atoms with Crippen LogP contribution in [0.3, 0.4) is 0 Å². The average Bonchev–Trinajstić information content (AvgIpc) is 2.55. The van der Waals surface area contributed by atoms with Gasteiger partial charge in [-0.3, -0.25) is 9.59 Å². The van der Waals surface area contributed by atoms with Gasteiger partial charge < -0.3 is 4.90 Å². The number of hydrogen-bond acceptors (Lipinski definition) is 2. The molecule has 1 heterocycles. The molecule has 1 saturated heterocycles. The Morgan fingerprint density at radius 1 is 1.10 bits per heavy atom. The van der Waals surface area contributed by atoms with Gasteiger partial charge in [0.05, 0.1) is 0 Å². The molecule has 2 unspecified atom stereocenters. The minimum Gasteiger partial charge on any atom is -0.342 e. The zero-order valence-corrected chi connectivity index (χ0v) is 12.8. The summed E-state index contributed by atoms with van der Waals surface area (Å²) >= 11 is 0. The number of carbonyl (C=O) groups is 2. The van der Waals surface area contributed by atoms with Crippen molar-refractivity contribution in [2.45, 2.75) is 51.5 Å². The van der Waals surface area contributed by atoms with Crippen LogP contribution in [0.2, 0.25) is 0 Å². The fourth-order valence-corrected chi connectivity index (χ4v) is 3.47. The van der Waals surface area contributed by atoms with Crippen molar-refractivity contribution in [3.8, 4) is 0 Å². The number of nitrogens with zero attached hydrogens (tertiary/aromatic N) is 1. The Balaban J connectivity index is 0.000000161. The average molecular weight is 287 g/mol. The minimum absolute atomic E-state index is 0.121. The predicted molar refractivity (Wildman–Crippen MR) is 84.2 cm³/mol. The normalized spacial score (nSPS) is 24.3. The molecule has 1 saturated carbocycles. The third-order valence-electron chi connectivity index (χ3n) is 4.60. The lowest BCUT2D eigenvalue weighted by molar-refractivity contribution is -0.123. The van der Waals surface area contributed by atoms with E-state index in [1.54, 1.807) is 6.92 Å². The maximum atomic E-state index is 10.7. The Bertz CT molecular complexity index is 456. The third-order valence-corrected chi connectivity index (χ3v) is 4.60. The predicted octanol–water partition coefficient (Wildman–Crippen LogP) is 3.69. The van der Waals surface area contributed by atoms with E-state index in [1.165, 1.54) is 38.5 Å². The number of likely N-dealkylation sites (tertiary alicyclic amines) is 1. The Morgan fingerprint density at radius 3 is 2.38 bits per heavy atom. The van der Waals surface area contributed by atoms with Crippen LogP contribution >= 0.6 is 0 Å². The number of piperidine rings is 1. The van der Waals surface area contributed by atoms with Gasteiger partial charge in [-0.1, -0.05) is 43.2 Å². The molecule has 0 spiro atoms. The number of rotatable bonds is 2. The van der Waals surface area contributed by atoms with Crippen LogP contribution in [0.5, 0.6) is 0 Å². The number of Topliss-reactive ketones (excluding diaryl/α,β-unsaturated/α-hetero) is 1. The molecule has 0 N–H and O–H groups in total. The van der Waals surface area contributed by atoms with Crippen molar-refractivity contribution in [1.82, 2.24) is 4.90 Å². The second-order valence-corrected chi connectivity index (χ2v) is 6.02. The van der Waals surface area contributed by atoms with Crippen molar-refractivity contribution < 1.29 is 9.59 Å². The number of amides is 1. The van der Waals surface area contributed by atoms with E-state index in [2.05, 4.69) is 0 Å². The number of hydrogen-bond donors (Lipinski definition) is 0. The Labute approximate surface area is 127 Å². The van der Waals surface area contributed by atoms with Crippen LogP contribution in [0.4, 0.5) is 0 Å². The maximum Gasteiger partial charge on any atom is 0.209 e. The van der Waals surface area contributed by atoms with Crippen LogP contribution in [-0.4, -0.2) is 29.7 Å². The minimum atomic E-state index is 0.121. The molecule has 2 fully saturated rings. The van der Waals surface area contributed by atoms with Crippen molar-refractivity contribution in [1.29, 1.82) is 0 Å². The highest BCUT2D eigenvalue weighted by atomic mass is 16.1. The van der Waals surface area contributed by atoms with Gasteiger partial charge in [0.15, 0.2) is 5.78 Å². The standard InChI is InChI=1S/C10H17NO.C8H8O/c12-8-11-7-3-5-9-4-1-2-6-10(9)11;1-7(9)8-5-3-2-4-6-8/h8-10H,1-7H2;2-6H,1H3. The summed E-state index contributed by atoms with van der Waals surface area (Å²) in [4.78, 5) is 23.4. The quantitative estimate of drug-likeness (QED) is 0.614. The van der Waals surface area contributed by atoms with E-state index >= 15 is 0 Å². The van der Waals surface area contributed by atoms with Gasteiger partial charge in [-0.2, -0.15) is 0 Å². The van der Waals surface area contributed by atoms with E-state index in [9.17, 15) is 9.59 Å². The molecule has 1 aromatic carbocycles. The first-order valence-electron chi connectivity index (χ1n) is 7.99. The molecule has 1 aliphatic heterocycles. The number of fused-ring (bicyclic) bond motifs is 1. The molecule has 2 aliphatic rings. The van der Waals surface area contributed by atoms with Gasteiger partial charge in [0, 0.05) is 18.2 Å². The lowest BCUT2D eigenvalue weighted by Crippen LogP contribution is -2.45. The topological polar surface area (TPSA) is 37.4 Å². The molecule has 0 bridgehead atoms. The Morgan fingerprint density at radius 2 is 1.76 bits per heavy atom. The van der Waals surface area contributed by atoms with Gasteiger partial charge in [0.1, 0.15) is 0 Å². The highest BCUT2D eigenvalue weighted by molar-refractivity contribution is 5.93. The summed E-state index contributed by atoms with van der Waals surface area (Å²) in [5, 5.41) is 0. The van der Waals surface area contributed by atoms with Gasteiger partial charge in [-0.15, -0.1) is 0 Å². The maximum absolute atomic E-state index is 10.7. The summed E-state index contributed by atoms with van der Waals surface area (Å²) in [6.45, 7) is 2.57. The second kappa shape index (κ2) is 7.96. The number of benzene rings is 1. The fourth-order valence-electron chi connectivity index (χ4n) is 3.47. The summed E-state index contributed by atoms with van der Waals surface area (Å²) in [6.07, 6.45) is 8.95. The van der Waals surface area contributed by atoms with Crippen molar-refractivity contribution in [2.75, 3.05) is 6.54 Å². The molecule has 1 aromatic rings. The molecule has 1 amide bonds. The van der Waals surface area contributed by atoms with Crippen LogP contribution < -0.4 is 0 Å². The zero-order chi connectivity index (χ0) is 15.1. The van der Waals surface area contributed by atoms with Crippen LogP contribution in [0.15, 0.2) is 30.3 Å². The lowest BCUT2D eigenvalue weighted by atomic mass is 9.78. The molecule has 3 nitrogen and oxygen atoms in total. The second-order valence-electron chi connectivity index (χ2n) is 6.02. The van der Waals surface area contributed by atoms with Crippen LogP contribution in [-0.2, 0) is 4.79 Å². The number of ketones is 1. The smallest absolute Gasteiger partial charge is 0.209 e. The molecule has 0 aromatic heterocycles. The monoisotopic (exact) mass is 287 g/mol. The van der Waals surface area contributed by atoms with Gasteiger partial charge in [0.25, 0.3) is 0 Å². The van der Waals surface area contributed by atoms with E-state index in [4.69, 9.17) is 0 Å². The van der Waals surface area contributed by atoms with E-state index in [0.717, 1.165) is 24.4 Å². The summed E-state index contributed by atoms with van der Waals surface area (Å²) in [6, 6.07) is 9.83. The molecule has 114 valence electrons. The van der Waals surface area contributed by atoms with Crippen molar-refractivity contribution in [3.05, 3.63) is 35.9 Å². The van der Waals surface area contributed by atoms with E-state index in [0.29, 0.717) is 6.04 Å². The van der Waals surface area contributed by atoms with Crippen molar-refractivity contribution in [3.63, 3.8) is 0 Å². The zero-order valence-electron chi connectivity index (χ0n) is 12.8. The summed E-state index contributed by atoms with van der Waals surface area (Å²) < 4.78 is 0. The SMILES string of the molecule is CC(=O)c1ccccc1.O=CN1CCCC2CCCCC21. The number of carbonyl (C=O) groups excluding carboxylic acids is 2. The molecular formula is C18H25NO2. The van der Waals surface area contributed by atoms with Crippen molar-refractivity contribution in [2.24, 2.45) is 5.92 Å². The molecule has 2 atom stereocenters. The molecular weight excluding hydrogens is 262 g/mol. The first-order chi connectivity index (χ1) is 10.2. The van der Waals surface area contributed by atoms with Gasteiger partial charge >= 0.3 is 0 Å². The van der Waals surface area contributed by atoms with E-state index < -0.39 is 0 Å².